The fourth-order valence-corrected chi connectivity index (χ4v) is 3.94. The highest BCUT2D eigenvalue weighted by Gasteiger charge is 2.26. The van der Waals surface area contributed by atoms with Crippen molar-refractivity contribution in [2.24, 2.45) is 0 Å². The average Bonchev–Trinajstić information content (AvgIpc) is 2.68. The monoisotopic (exact) mass is 389 g/mol. The maximum absolute atomic E-state index is 12.0. The fraction of sp³-hybridized carbons (Fsp3) is 0.700. The van der Waals surface area contributed by atoms with Crippen LogP contribution in [0.25, 0.3) is 0 Å². The Bertz CT molecular complexity index is 701. The molecule has 1 aromatic heterocycles. The highest BCUT2D eigenvalue weighted by Crippen LogP contribution is 2.29. The first kappa shape index (κ1) is 20.4. The normalized spacial score (nSPS) is 17.0. The maximum atomic E-state index is 12.0. The molecule has 1 aliphatic carbocycles. The molecule has 1 saturated heterocycles. The molecule has 8 nitrogen and oxygen atoms in total. The molecule has 2 amide bonds. The molecule has 28 heavy (non-hydrogen) atoms. The van der Waals surface area contributed by atoms with E-state index in [1.165, 1.54) is 24.1 Å². The number of aromatic nitrogens is 2. The lowest BCUT2D eigenvalue weighted by molar-refractivity contribution is -0.142. The molecule has 1 fully saturated rings. The van der Waals surface area contributed by atoms with Crippen LogP contribution in [0, 0.1) is 6.92 Å². The topological polar surface area (TPSA) is 96.4 Å². The zero-order valence-electron chi connectivity index (χ0n) is 16.9. The third kappa shape index (κ3) is 5.33. The quantitative estimate of drug-likeness (QED) is 0.721. The Morgan fingerprint density at radius 2 is 1.93 bits per heavy atom. The minimum atomic E-state index is -0.292. The van der Waals surface area contributed by atoms with Crippen LogP contribution in [0.5, 0.6) is 0 Å². The molecule has 0 atom stereocenters. The van der Waals surface area contributed by atoms with E-state index in [4.69, 9.17) is 9.72 Å². The van der Waals surface area contributed by atoms with Gasteiger partial charge in [0.2, 0.25) is 0 Å². The molecule has 0 unspecified atom stereocenters. The van der Waals surface area contributed by atoms with Crippen LogP contribution in [0.1, 0.15) is 56.1 Å². The van der Waals surface area contributed by atoms with E-state index in [2.05, 4.69) is 20.5 Å². The SMILES string of the molecule is CCOC(=O)CCNC(=O)NC1CCN(c2nc(C)nc3c2CCCC3)CC1. The molecule has 1 aliphatic heterocycles. The minimum absolute atomic E-state index is 0.137. The molecule has 3 rings (SSSR count). The van der Waals surface area contributed by atoms with Crippen molar-refractivity contribution in [3.05, 3.63) is 17.1 Å². The number of hydrogen-bond acceptors (Lipinski definition) is 6. The predicted molar refractivity (Wildman–Crippen MR) is 106 cm³/mol. The van der Waals surface area contributed by atoms with Crippen LogP contribution in [0.15, 0.2) is 0 Å². The Kier molecular flexibility index (Phi) is 7.06. The predicted octanol–water partition coefficient (Wildman–Crippen LogP) is 1.89. The van der Waals surface area contributed by atoms with Gasteiger partial charge in [-0.15, -0.1) is 0 Å². The van der Waals surface area contributed by atoms with Gasteiger partial charge < -0.3 is 20.3 Å². The van der Waals surface area contributed by atoms with Gasteiger partial charge in [-0.2, -0.15) is 0 Å². The number of esters is 1. The van der Waals surface area contributed by atoms with Gasteiger partial charge in [0.25, 0.3) is 0 Å². The van der Waals surface area contributed by atoms with Gasteiger partial charge in [0, 0.05) is 36.9 Å². The van der Waals surface area contributed by atoms with E-state index in [0.29, 0.717) is 6.61 Å². The number of anilines is 1. The van der Waals surface area contributed by atoms with Crippen molar-refractivity contribution < 1.29 is 14.3 Å². The molecule has 0 radical (unpaired) electrons. The van der Waals surface area contributed by atoms with E-state index < -0.39 is 0 Å². The number of nitrogens with zero attached hydrogens (tertiary/aromatic N) is 3. The van der Waals surface area contributed by atoms with E-state index in [9.17, 15) is 9.59 Å². The van der Waals surface area contributed by atoms with Crippen LogP contribution in [-0.4, -0.2) is 54.3 Å². The van der Waals surface area contributed by atoms with Gasteiger partial charge in [0.1, 0.15) is 11.6 Å². The number of piperidine rings is 1. The minimum Gasteiger partial charge on any atom is -0.466 e. The summed E-state index contributed by atoms with van der Waals surface area (Å²) in [4.78, 5) is 35.1. The van der Waals surface area contributed by atoms with Gasteiger partial charge in [-0.1, -0.05) is 0 Å². The second kappa shape index (κ2) is 9.71. The molecular weight excluding hydrogens is 358 g/mol. The van der Waals surface area contributed by atoms with Crippen molar-refractivity contribution in [3.63, 3.8) is 0 Å². The zero-order valence-corrected chi connectivity index (χ0v) is 16.9. The molecule has 2 heterocycles. The Hall–Kier alpha value is -2.38. The number of nitrogens with one attached hydrogen (secondary N) is 2. The number of ether oxygens (including phenoxy) is 1. The summed E-state index contributed by atoms with van der Waals surface area (Å²) in [5, 5.41) is 5.73. The van der Waals surface area contributed by atoms with Crippen LogP contribution in [-0.2, 0) is 22.4 Å². The standard InChI is InChI=1S/C20H31N5O3/c1-3-28-18(26)8-11-21-20(27)24-15-9-12-25(13-10-15)19-16-6-4-5-7-17(16)22-14(2)23-19/h15H,3-13H2,1-2H3,(H2,21,24,27). The largest absolute Gasteiger partial charge is 0.466 e. The van der Waals surface area contributed by atoms with Crippen molar-refractivity contribution in [1.29, 1.82) is 0 Å². The number of rotatable bonds is 6. The molecule has 1 aromatic rings. The zero-order chi connectivity index (χ0) is 19.9. The Labute approximate surface area is 166 Å². The average molecular weight is 390 g/mol. The summed E-state index contributed by atoms with van der Waals surface area (Å²) in [6.45, 7) is 6.12. The van der Waals surface area contributed by atoms with Crippen molar-refractivity contribution in [2.45, 2.75) is 64.8 Å². The number of carbonyl (C=O) groups excluding carboxylic acids is 2. The third-order valence-electron chi connectivity index (χ3n) is 5.32. The summed E-state index contributed by atoms with van der Waals surface area (Å²) >= 11 is 0. The molecule has 154 valence electrons. The van der Waals surface area contributed by atoms with Gasteiger partial charge >= 0.3 is 12.0 Å². The summed E-state index contributed by atoms with van der Waals surface area (Å²) < 4.78 is 4.85. The highest BCUT2D eigenvalue weighted by molar-refractivity contribution is 5.75. The smallest absolute Gasteiger partial charge is 0.315 e. The first-order chi connectivity index (χ1) is 13.6. The second-order valence-electron chi connectivity index (χ2n) is 7.44. The lowest BCUT2D eigenvalue weighted by Crippen LogP contribution is -2.48. The molecular formula is C20H31N5O3. The second-order valence-corrected chi connectivity index (χ2v) is 7.44. The molecule has 2 aliphatic rings. The van der Waals surface area contributed by atoms with Gasteiger partial charge in [0.15, 0.2) is 0 Å². The van der Waals surface area contributed by atoms with Crippen LogP contribution >= 0.6 is 0 Å². The van der Waals surface area contributed by atoms with Crippen molar-refractivity contribution in [1.82, 2.24) is 20.6 Å². The third-order valence-corrected chi connectivity index (χ3v) is 5.32. The number of aryl methyl sites for hydroxylation is 2. The van der Waals surface area contributed by atoms with E-state index in [1.54, 1.807) is 6.92 Å². The molecule has 2 N–H and O–H groups in total. The van der Waals surface area contributed by atoms with Gasteiger partial charge in [-0.3, -0.25) is 4.79 Å². The van der Waals surface area contributed by atoms with Crippen LogP contribution in [0.4, 0.5) is 10.6 Å². The molecule has 0 spiro atoms. The number of amides is 2. The van der Waals surface area contributed by atoms with Gasteiger partial charge in [0.05, 0.1) is 13.0 Å². The lowest BCUT2D eigenvalue weighted by atomic mass is 9.95. The Balaban J connectivity index is 1.47. The van der Waals surface area contributed by atoms with Gasteiger partial charge in [-0.25, -0.2) is 14.8 Å². The van der Waals surface area contributed by atoms with E-state index in [-0.39, 0.29) is 31.0 Å². The fourth-order valence-electron chi connectivity index (χ4n) is 3.94. The summed E-state index contributed by atoms with van der Waals surface area (Å²) in [6, 6.07) is -0.0874. The maximum Gasteiger partial charge on any atom is 0.315 e. The summed E-state index contributed by atoms with van der Waals surface area (Å²) in [6.07, 6.45) is 6.47. The first-order valence-corrected chi connectivity index (χ1v) is 10.4. The number of urea groups is 1. The van der Waals surface area contributed by atoms with Crippen molar-refractivity contribution in [3.8, 4) is 0 Å². The Morgan fingerprint density at radius 1 is 1.18 bits per heavy atom. The van der Waals surface area contributed by atoms with E-state index in [1.807, 2.05) is 6.92 Å². The Morgan fingerprint density at radius 3 is 2.68 bits per heavy atom. The van der Waals surface area contributed by atoms with E-state index in [0.717, 1.165) is 50.4 Å². The summed E-state index contributed by atoms with van der Waals surface area (Å²) in [7, 11) is 0. The van der Waals surface area contributed by atoms with Crippen molar-refractivity contribution in [2.75, 3.05) is 31.1 Å². The molecule has 0 saturated carbocycles. The van der Waals surface area contributed by atoms with Crippen LogP contribution in [0.2, 0.25) is 0 Å². The molecule has 0 aromatic carbocycles. The molecule has 8 heteroatoms. The number of carbonyl (C=O) groups is 2. The van der Waals surface area contributed by atoms with Gasteiger partial charge in [-0.05, 0) is 52.4 Å². The first-order valence-electron chi connectivity index (χ1n) is 10.4. The molecule has 0 bridgehead atoms. The lowest BCUT2D eigenvalue weighted by Gasteiger charge is -2.35. The summed E-state index contributed by atoms with van der Waals surface area (Å²) in [5.74, 6) is 1.65. The van der Waals surface area contributed by atoms with Crippen molar-refractivity contribution >= 4 is 17.8 Å². The van der Waals surface area contributed by atoms with Crippen LogP contribution in [0.3, 0.4) is 0 Å². The number of hydrogen-bond donors (Lipinski definition) is 2. The number of fused-ring (bicyclic) bond motifs is 1. The van der Waals surface area contributed by atoms with E-state index >= 15 is 0 Å². The summed E-state index contributed by atoms with van der Waals surface area (Å²) in [5.41, 5.74) is 2.54. The highest BCUT2D eigenvalue weighted by atomic mass is 16.5. The van der Waals surface area contributed by atoms with Crippen LogP contribution < -0.4 is 15.5 Å².